The highest BCUT2D eigenvalue weighted by Gasteiger charge is 2.07. The molecular weight excluding hydrogens is 268 g/mol. The number of carbonyl (C=O) groups is 1. The number of anilines is 1. The molecule has 4 heteroatoms. The molecule has 0 aliphatic rings. The van der Waals surface area contributed by atoms with Crippen molar-refractivity contribution in [3.8, 4) is 0 Å². The van der Waals surface area contributed by atoms with E-state index in [1.54, 1.807) is 18.5 Å². The van der Waals surface area contributed by atoms with Gasteiger partial charge in [-0.05, 0) is 36.8 Å². The zero-order valence-corrected chi connectivity index (χ0v) is 10.3. The Hall–Kier alpha value is -1.55. The van der Waals surface area contributed by atoms with E-state index < -0.39 is 0 Å². The molecule has 0 saturated heterocycles. The fourth-order valence-electron chi connectivity index (χ4n) is 1.43. The molecule has 2 aromatic rings. The van der Waals surface area contributed by atoms with Gasteiger partial charge in [0.15, 0.2) is 0 Å². The fourth-order valence-corrected chi connectivity index (χ4v) is 1.90. The lowest BCUT2D eigenvalue weighted by atomic mass is 10.2. The van der Waals surface area contributed by atoms with Crippen LogP contribution in [0.5, 0.6) is 0 Å². The molecule has 1 heterocycles. The Morgan fingerprint density at radius 1 is 1.38 bits per heavy atom. The van der Waals surface area contributed by atoms with Crippen molar-refractivity contribution in [1.29, 1.82) is 0 Å². The van der Waals surface area contributed by atoms with Crippen molar-refractivity contribution in [3.05, 3.63) is 52.3 Å². The second-order valence-corrected chi connectivity index (χ2v) is 4.43. The maximum Gasteiger partial charge on any atom is 0.257 e. The first-order valence-electron chi connectivity index (χ1n) is 4.87. The normalized spacial score (nSPS) is 10.1. The molecule has 0 aliphatic heterocycles. The maximum absolute atomic E-state index is 11.8. The molecule has 1 aromatic carbocycles. The fraction of sp³-hybridized carbons (Fsp3) is 0.0833. The van der Waals surface area contributed by atoms with Crippen molar-refractivity contribution < 1.29 is 4.79 Å². The monoisotopic (exact) mass is 278 g/mol. The number of rotatable bonds is 2. The summed E-state index contributed by atoms with van der Waals surface area (Å²) in [6.45, 7) is 1.96. The number of H-pyrrole nitrogens is 1. The Balaban J connectivity index is 2.18. The highest BCUT2D eigenvalue weighted by atomic mass is 79.9. The third-order valence-electron chi connectivity index (χ3n) is 2.30. The van der Waals surface area contributed by atoms with Crippen LogP contribution in [-0.4, -0.2) is 10.9 Å². The Morgan fingerprint density at radius 2 is 2.19 bits per heavy atom. The van der Waals surface area contributed by atoms with E-state index in [2.05, 4.69) is 26.2 Å². The molecule has 0 saturated carbocycles. The lowest BCUT2D eigenvalue weighted by Gasteiger charge is -2.07. The molecule has 82 valence electrons. The van der Waals surface area contributed by atoms with Gasteiger partial charge in [-0.25, -0.2) is 0 Å². The lowest BCUT2D eigenvalue weighted by molar-refractivity contribution is 0.102. The van der Waals surface area contributed by atoms with E-state index >= 15 is 0 Å². The quantitative estimate of drug-likeness (QED) is 0.870. The van der Waals surface area contributed by atoms with Crippen LogP contribution in [0.3, 0.4) is 0 Å². The molecule has 1 aromatic heterocycles. The Bertz CT molecular complexity index is 506. The molecule has 0 fully saturated rings. The van der Waals surface area contributed by atoms with Gasteiger partial charge in [-0.2, -0.15) is 0 Å². The summed E-state index contributed by atoms with van der Waals surface area (Å²) in [5, 5.41) is 2.86. The summed E-state index contributed by atoms with van der Waals surface area (Å²) in [6, 6.07) is 7.49. The number of aromatic amines is 1. The second kappa shape index (κ2) is 4.53. The second-order valence-electron chi connectivity index (χ2n) is 3.51. The van der Waals surface area contributed by atoms with Crippen molar-refractivity contribution in [1.82, 2.24) is 4.98 Å². The summed E-state index contributed by atoms with van der Waals surface area (Å²) >= 11 is 3.38. The minimum absolute atomic E-state index is 0.105. The lowest BCUT2D eigenvalue weighted by Crippen LogP contribution is -2.11. The zero-order chi connectivity index (χ0) is 11.5. The highest BCUT2D eigenvalue weighted by molar-refractivity contribution is 9.10. The predicted octanol–water partition coefficient (Wildman–Crippen LogP) is 3.34. The number of amides is 1. The predicted molar refractivity (Wildman–Crippen MR) is 67.6 cm³/mol. The van der Waals surface area contributed by atoms with Crippen LogP contribution in [0.2, 0.25) is 0 Å². The maximum atomic E-state index is 11.8. The van der Waals surface area contributed by atoms with Gasteiger partial charge in [0.2, 0.25) is 0 Å². The van der Waals surface area contributed by atoms with Gasteiger partial charge in [0.05, 0.1) is 5.56 Å². The number of halogens is 1. The molecule has 1 amide bonds. The van der Waals surface area contributed by atoms with E-state index in [9.17, 15) is 4.79 Å². The van der Waals surface area contributed by atoms with E-state index in [4.69, 9.17) is 0 Å². The Labute approximate surface area is 102 Å². The summed E-state index contributed by atoms with van der Waals surface area (Å²) in [5.41, 5.74) is 2.48. The van der Waals surface area contributed by atoms with Crippen LogP contribution in [0.1, 0.15) is 15.9 Å². The Morgan fingerprint density at radius 3 is 2.81 bits per heavy atom. The summed E-state index contributed by atoms with van der Waals surface area (Å²) in [7, 11) is 0. The van der Waals surface area contributed by atoms with Crippen molar-refractivity contribution in [2.75, 3.05) is 5.32 Å². The average molecular weight is 279 g/mol. The third kappa shape index (κ3) is 2.33. The van der Waals surface area contributed by atoms with E-state index in [1.807, 2.05) is 25.1 Å². The molecular formula is C12H11BrN2O. The van der Waals surface area contributed by atoms with Crippen molar-refractivity contribution in [3.63, 3.8) is 0 Å². The van der Waals surface area contributed by atoms with Crippen LogP contribution >= 0.6 is 15.9 Å². The van der Waals surface area contributed by atoms with Crippen molar-refractivity contribution >= 4 is 27.5 Å². The number of hydrogen-bond acceptors (Lipinski definition) is 1. The SMILES string of the molecule is Cc1cc(Br)ccc1NC(=O)c1cc[nH]c1. The topological polar surface area (TPSA) is 44.9 Å². The van der Waals surface area contributed by atoms with Crippen LogP contribution in [-0.2, 0) is 0 Å². The van der Waals surface area contributed by atoms with Gasteiger partial charge < -0.3 is 10.3 Å². The van der Waals surface area contributed by atoms with E-state index in [1.165, 1.54) is 0 Å². The smallest absolute Gasteiger partial charge is 0.257 e. The summed E-state index contributed by atoms with van der Waals surface area (Å²) < 4.78 is 1.00. The van der Waals surface area contributed by atoms with Crippen LogP contribution < -0.4 is 5.32 Å². The van der Waals surface area contributed by atoms with Gasteiger partial charge in [-0.3, -0.25) is 4.79 Å². The van der Waals surface area contributed by atoms with Gasteiger partial charge in [-0.1, -0.05) is 15.9 Å². The van der Waals surface area contributed by atoms with Gasteiger partial charge in [0, 0.05) is 22.6 Å². The van der Waals surface area contributed by atoms with Crippen molar-refractivity contribution in [2.45, 2.75) is 6.92 Å². The molecule has 2 N–H and O–H groups in total. The number of hydrogen-bond donors (Lipinski definition) is 2. The van der Waals surface area contributed by atoms with Crippen LogP contribution in [0, 0.1) is 6.92 Å². The molecule has 0 unspecified atom stereocenters. The molecule has 0 spiro atoms. The average Bonchev–Trinajstić information content (AvgIpc) is 2.75. The highest BCUT2D eigenvalue weighted by Crippen LogP contribution is 2.20. The number of benzene rings is 1. The van der Waals surface area contributed by atoms with Gasteiger partial charge in [0.1, 0.15) is 0 Å². The molecule has 0 aliphatic carbocycles. The van der Waals surface area contributed by atoms with Crippen LogP contribution in [0.25, 0.3) is 0 Å². The molecule has 0 atom stereocenters. The molecule has 3 nitrogen and oxygen atoms in total. The molecule has 2 rings (SSSR count). The number of nitrogens with one attached hydrogen (secondary N) is 2. The number of carbonyl (C=O) groups excluding carboxylic acids is 1. The standard InChI is InChI=1S/C12H11BrN2O/c1-8-6-10(13)2-3-11(8)15-12(16)9-4-5-14-7-9/h2-7,14H,1H3,(H,15,16). The van der Waals surface area contributed by atoms with E-state index in [0.717, 1.165) is 15.7 Å². The van der Waals surface area contributed by atoms with Gasteiger partial charge >= 0.3 is 0 Å². The van der Waals surface area contributed by atoms with E-state index in [0.29, 0.717) is 5.56 Å². The number of aryl methyl sites for hydroxylation is 1. The third-order valence-corrected chi connectivity index (χ3v) is 2.79. The summed E-state index contributed by atoms with van der Waals surface area (Å²) in [4.78, 5) is 14.6. The van der Waals surface area contributed by atoms with E-state index in [-0.39, 0.29) is 5.91 Å². The molecule has 16 heavy (non-hydrogen) atoms. The zero-order valence-electron chi connectivity index (χ0n) is 8.75. The minimum Gasteiger partial charge on any atom is -0.367 e. The van der Waals surface area contributed by atoms with Gasteiger partial charge in [-0.15, -0.1) is 0 Å². The first-order chi connectivity index (χ1) is 7.66. The van der Waals surface area contributed by atoms with Crippen molar-refractivity contribution in [2.24, 2.45) is 0 Å². The summed E-state index contributed by atoms with van der Waals surface area (Å²) in [5.74, 6) is -0.105. The molecule has 0 radical (unpaired) electrons. The minimum atomic E-state index is -0.105. The first kappa shape index (κ1) is 11.0. The van der Waals surface area contributed by atoms with Crippen LogP contribution in [0.4, 0.5) is 5.69 Å². The Kier molecular flexibility index (Phi) is 3.10. The molecule has 0 bridgehead atoms. The largest absolute Gasteiger partial charge is 0.367 e. The number of aromatic nitrogens is 1. The first-order valence-corrected chi connectivity index (χ1v) is 5.66. The van der Waals surface area contributed by atoms with Gasteiger partial charge in [0.25, 0.3) is 5.91 Å². The van der Waals surface area contributed by atoms with Crippen LogP contribution in [0.15, 0.2) is 41.1 Å². The summed E-state index contributed by atoms with van der Waals surface area (Å²) in [6.07, 6.45) is 3.40.